The van der Waals surface area contributed by atoms with Crippen molar-refractivity contribution in [3.8, 4) is 5.75 Å². The molecule has 2 N–H and O–H groups in total. The molecular weight excluding hydrogens is 198 g/mol. The highest BCUT2D eigenvalue weighted by Gasteiger charge is 2.09. The highest BCUT2D eigenvalue weighted by Crippen LogP contribution is 2.11. The topological polar surface area (TPSA) is 75.6 Å². The Balaban J connectivity index is 2.58. The number of nitrogens with one attached hydrogen (secondary N) is 1. The zero-order chi connectivity index (χ0) is 11.3. The van der Waals surface area contributed by atoms with Crippen LogP contribution in [-0.4, -0.2) is 30.6 Å². The number of likely N-dealkylation sites (N-methyl/N-ethyl adjacent to an activating group) is 1. The van der Waals surface area contributed by atoms with Crippen LogP contribution in [0.3, 0.4) is 0 Å². The summed E-state index contributed by atoms with van der Waals surface area (Å²) in [6.07, 6.45) is 0. The Bertz CT molecular complexity index is 375. The molecule has 0 unspecified atom stereocenters. The molecule has 0 radical (unpaired) electrons. The smallest absolute Gasteiger partial charge is 0.338 e. The number of benzene rings is 1. The Morgan fingerprint density at radius 3 is 2.80 bits per heavy atom. The van der Waals surface area contributed by atoms with Crippen molar-refractivity contribution in [1.82, 2.24) is 5.32 Å². The molecule has 15 heavy (non-hydrogen) atoms. The number of carbonyl (C=O) groups excluding carboxylic acids is 2. The minimum Gasteiger partial charge on any atom is -0.508 e. The van der Waals surface area contributed by atoms with Gasteiger partial charge in [0.25, 0.3) is 5.91 Å². The summed E-state index contributed by atoms with van der Waals surface area (Å²) in [5.41, 5.74) is 0.207. The van der Waals surface area contributed by atoms with E-state index in [4.69, 9.17) is 5.11 Å². The number of phenolic OH excluding ortho intramolecular Hbond substituents is 1. The molecule has 0 atom stereocenters. The van der Waals surface area contributed by atoms with Crippen LogP contribution < -0.4 is 5.32 Å². The third-order valence-electron chi connectivity index (χ3n) is 1.70. The summed E-state index contributed by atoms with van der Waals surface area (Å²) in [4.78, 5) is 22.1. The van der Waals surface area contributed by atoms with Crippen LogP contribution in [0.4, 0.5) is 0 Å². The number of esters is 1. The zero-order valence-electron chi connectivity index (χ0n) is 8.19. The van der Waals surface area contributed by atoms with Gasteiger partial charge in [-0.05, 0) is 18.2 Å². The molecule has 0 aliphatic heterocycles. The van der Waals surface area contributed by atoms with E-state index >= 15 is 0 Å². The third kappa shape index (κ3) is 3.30. The Morgan fingerprint density at radius 1 is 1.47 bits per heavy atom. The van der Waals surface area contributed by atoms with E-state index in [1.807, 2.05) is 0 Å². The van der Waals surface area contributed by atoms with Gasteiger partial charge in [-0.25, -0.2) is 4.79 Å². The SMILES string of the molecule is CNC(=O)COC(=O)c1cccc(O)c1. The first-order chi connectivity index (χ1) is 7.13. The quantitative estimate of drug-likeness (QED) is 0.702. The van der Waals surface area contributed by atoms with Crippen molar-refractivity contribution in [2.24, 2.45) is 0 Å². The third-order valence-corrected chi connectivity index (χ3v) is 1.70. The Labute approximate surface area is 86.7 Å². The molecule has 0 spiro atoms. The second kappa shape index (κ2) is 4.99. The normalized spacial score (nSPS) is 9.40. The van der Waals surface area contributed by atoms with Crippen LogP contribution in [0, 0.1) is 0 Å². The van der Waals surface area contributed by atoms with Crippen LogP contribution in [0.1, 0.15) is 10.4 Å². The lowest BCUT2D eigenvalue weighted by molar-refractivity contribution is -0.123. The number of hydrogen-bond donors (Lipinski definition) is 2. The largest absolute Gasteiger partial charge is 0.508 e. The van der Waals surface area contributed by atoms with E-state index in [2.05, 4.69) is 10.1 Å². The van der Waals surface area contributed by atoms with Crippen LogP contribution in [0.25, 0.3) is 0 Å². The fourth-order valence-electron chi connectivity index (χ4n) is 0.919. The second-order valence-electron chi connectivity index (χ2n) is 2.80. The van der Waals surface area contributed by atoms with E-state index in [9.17, 15) is 9.59 Å². The average Bonchev–Trinajstić information content (AvgIpc) is 2.25. The summed E-state index contributed by atoms with van der Waals surface area (Å²) < 4.78 is 4.67. The molecule has 0 bridgehead atoms. The Kier molecular flexibility index (Phi) is 3.68. The van der Waals surface area contributed by atoms with Gasteiger partial charge >= 0.3 is 5.97 Å². The lowest BCUT2D eigenvalue weighted by Gasteiger charge is -2.03. The van der Waals surface area contributed by atoms with E-state index in [0.717, 1.165) is 0 Å². The molecule has 0 aliphatic rings. The second-order valence-corrected chi connectivity index (χ2v) is 2.80. The molecule has 1 rings (SSSR count). The monoisotopic (exact) mass is 209 g/mol. The molecule has 1 amide bonds. The fourth-order valence-corrected chi connectivity index (χ4v) is 0.919. The highest BCUT2D eigenvalue weighted by molar-refractivity contribution is 5.91. The van der Waals surface area contributed by atoms with E-state index in [1.54, 1.807) is 0 Å². The van der Waals surface area contributed by atoms with Gasteiger partial charge in [0.05, 0.1) is 5.56 Å². The van der Waals surface area contributed by atoms with Crippen molar-refractivity contribution in [1.29, 1.82) is 0 Å². The predicted octanol–water partition coefficient (Wildman–Crippen LogP) is 0.295. The maximum Gasteiger partial charge on any atom is 0.338 e. The number of phenols is 1. The number of ether oxygens (including phenoxy) is 1. The minimum absolute atomic E-state index is 0.0237. The van der Waals surface area contributed by atoms with E-state index < -0.39 is 5.97 Å². The molecule has 1 aromatic rings. The van der Waals surface area contributed by atoms with Gasteiger partial charge in [-0.2, -0.15) is 0 Å². The number of rotatable bonds is 3. The van der Waals surface area contributed by atoms with Crippen LogP contribution in [0.2, 0.25) is 0 Å². The van der Waals surface area contributed by atoms with Crippen LogP contribution >= 0.6 is 0 Å². The van der Waals surface area contributed by atoms with Gasteiger partial charge in [0.15, 0.2) is 6.61 Å². The molecule has 0 saturated heterocycles. The molecule has 0 saturated carbocycles. The number of amides is 1. The zero-order valence-corrected chi connectivity index (χ0v) is 8.19. The van der Waals surface area contributed by atoms with Crippen LogP contribution in [-0.2, 0) is 9.53 Å². The molecule has 1 aromatic carbocycles. The van der Waals surface area contributed by atoms with Crippen molar-refractivity contribution < 1.29 is 19.4 Å². The molecule has 80 valence electrons. The van der Waals surface area contributed by atoms with Crippen LogP contribution in [0.5, 0.6) is 5.75 Å². The fraction of sp³-hybridized carbons (Fsp3) is 0.200. The molecule has 0 fully saturated rings. The van der Waals surface area contributed by atoms with Crippen molar-refractivity contribution in [3.05, 3.63) is 29.8 Å². The van der Waals surface area contributed by atoms with Crippen molar-refractivity contribution in [2.75, 3.05) is 13.7 Å². The summed E-state index contributed by atoms with van der Waals surface area (Å²) in [5.74, 6) is -1.05. The summed E-state index contributed by atoms with van der Waals surface area (Å²) >= 11 is 0. The maximum atomic E-state index is 11.3. The molecule has 0 heterocycles. The van der Waals surface area contributed by atoms with Gasteiger partial charge < -0.3 is 15.2 Å². The van der Waals surface area contributed by atoms with E-state index in [1.165, 1.54) is 31.3 Å². The van der Waals surface area contributed by atoms with Crippen molar-refractivity contribution in [3.63, 3.8) is 0 Å². The first-order valence-electron chi connectivity index (χ1n) is 4.30. The molecule has 5 nitrogen and oxygen atoms in total. The van der Waals surface area contributed by atoms with Crippen LogP contribution in [0.15, 0.2) is 24.3 Å². The molecular formula is C10H11NO4. The Morgan fingerprint density at radius 2 is 2.20 bits per heavy atom. The minimum atomic E-state index is -0.644. The number of carbonyl (C=O) groups is 2. The maximum absolute atomic E-state index is 11.3. The summed E-state index contributed by atoms with van der Waals surface area (Å²) in [6.45, 7) is -0.328. The first-order valence-corrected chi connectivity index (χ1v) is 4.30. The van der Waals surface area contributed by atoms with Gasteiger partial charge in [-0.15, -0.1) is 0 Å². The molecule has 5 heteroatoms. The summed E-state index contributed by atoms with van der Waals surface area (Å²) in [5, 5.41) is 11.4. The summed E-state index contributed by atoms with van der Waals surface area (Å²) in [6, 6.07) is 5.72. The van der Waals surface area contributed by atoms with Gasteiger partial charge in [-0.1, -0.05) is 6.07 Å². The average molecular weight is 209 g/mol. The first kappa shape index (κ1) is 11.0. The van der Waals surface area contributed by atoms with Crippen molar-refractivity contribution >= 4 is 11.9 Å². The van der Waals surface area contributed by atoms with Gasteiger partial charge in [0.2, 0.25) is 0 Å². The number of hydrogen-bond acceptors (Lipinski definition) is 4. The van der Waals surface area contributed by atoms with E-state index in [0.29, 0.717) is 0 Å². The number of aromatic hydroxyl groups is 1. The lowest BCUT2D eigenvalue weighted by atomic mass is 10.2. The summed E-state index contributed by atoms with van der Waals surface area (Å²) in [7, 11) is 1.45. The lowest BCUT2D eigenvalue weighted by Crippen LogP contribution is -2.25. The predicted molar refractivity (Wildman–Crippen MR) is 52.5 cm³/mol. The van der Waals surface area contributed by atoms with E-state index in [-0.39, 0.29) is 23.8 Å². The van der Waals surface area contributed by atoms with Gasteiger partial charge in [0.1, 0.15) is 5.75 Å². The highest BCUT2D eigenvalue weighted by atomic mass is 16.5. The Hall–Kier alpha value is -2.04. The molecule has 0 aliphatic carbocycles. The molecule has 0 aromatic heterocycles. The van der Waals surface area contributed by atoms with Gasteiger partial charge in [0, 0.05) is 7.05 Å². The standard InChI is InChI=1S/C10H11NO4/c1-11-9(13)6-15-10(14)7-3-2-4-8(12)5-7/h2-5,12H,6H2,1H3,(H,11,13). The van der Waals surface area contributed by atoms with Gasteiger partial charge in [-0.3, -0.25) is 4.79 Å². The van der Waals surface area contributed by atoms with Crippen molar-refractivity contribution in [2.45, 2.75) is 0 Å².